The Kier molecular flexibility index (Phi) is 3.48. The second-order valence-corrected chi connectivity index (χ2v) is 0.675. The Morgan fingerprint density at radius 3 is 2.20 bits per heavy atom. The van der Waals surface area contributed by atoms with Crippen LogP contribution in [0.25, 0.3) is 0 Å². The van der Waals surface area contributed by atoms with Gasteiger partial charge in [0.2, 0.25) is 0 Å². The molecule has 0 unspecified atom stereocenters. The third-order valence-corrected chi connectivity index (χ3v) is 0.279. The Morgan fingerprint density at radius 2 is 2.20 bits per heavy atom. The van der Waals surface area contributed by atoms with E-state index in [2.05, 4.69) is 0 Å². The van der Waals surface area contributed by atoms with Crippen molar-refractivity contribution in [2.24, 2.45) is 0 Å². The van der Waals surface area contributed by atoms with Crippen molar-refractivity contribution < 1.29 is 5.11 Å². The van der Waals surface area contributed by atoms with Crippen LogP contribution in [0.3, 0.4) is 0 Å². The molecule has 1 N–H and O–H groups in total. The van der Waals surface area contributed by atoms with Gasteiger partial charge in [-0.1, -0.05) is 12.2 Å². The van der Waals surface area contributed by atoms with Gasteiger partial charge in [-0.15, -0.1) is 0 Å². The van der Waals surface area contributed by atoms with Gasteiger partial charge in [-0.05, 0) is 6.92 Å². The maximum atomic E-state index is 7.85. The molecule has 0 fully saturated rings. The average Bonchev–Trinajstić information content (AvgIpc) is 1.41. The summed E-state index contributed by atoms with van der Waals surface area (Å²) in [5.74, 6) is 0. The standard InChI is InChI=1S/C4H7O/c1-2-3-4-5/h2-5H,1H3/b3-2-. The van der Waals surface area contributed by atoms with Gasteiger partial charge in [-0.2, -0.15) is 0 Å². The van der Waals surface area contributed by atoms with Crippen molar-refractivity contribution in [3.63, 3.8) is 0 Å². The molecular formula is C4H7O. The molecule has 29 valence electrons. The summed E-state index contributed by atoms with van der Waals surface area (Å²) < 4.78 is 0. The summed E-state index contributed by atoms with van der Waals surface area (Å²) in [6.45, 7) is 2.84. The third kappa shape index (κ3) is 3.70. The predicted octanol–water partition coefficient (Wildman–Crippen LogP) is 1.10. The molecule has 0 spiro atoms. The van der Waals surface area contributed by atoms with Crippen LogP contribution in [0.1, 0.15) is 6.92 Å². The van der Waals surface area contributed by atoms with Crippen LogP contribution < -0.4 is 0 Å². The zero-order valence-electron chi connectivity index (χ0n) is 3.18. The number of aliphatic hydroxyl groups excluding tert-OH is 1. The minimum absolute atomic E-state index is 1.00. The number of rotatable bonds is 1. The first kappa shape index (κ1) is 4.70. The molecule has 0 amide bonds. The molecule has 0 aliphatic heterocycles. The van der Waals surface area contributed by atoms with Gasteiger partial charge in [-0.3, -0.25) is 0 Å². The molecule has 0 saturated heterocycles. The van der Waals surface area contributed by atoms with Crippen LogP contribution in [0.15, 0.2) is 12.2 Å². The van der Waals surface area contributed by atoms with Gasteiger partial charge in [0.25, 0.3) is 0 Å². The van der Waals surface area contributed by atoms with E-state index in [-0.39, 0.29) is 0 Å². The van der Waals surface area contributed by atoms with E-state index in [1.54, 1.807) is 12.2 Å². The monoisotopic (exact) mass is 71.0 g/mol. The summed E-state index contributed by atoms with van der Waals surface area (Å²) >= 11 is 0. The molecule has 0 aliphatic carbocycles. The molecule has 1 radical (unpaired) electrons. The molecule has 0 aromatic heterocycles. The first-order valence-electron chi connectivity index (χ1n) is 1.50. The number of hydrogen-bond donors (Lipinski definition) is 1. The minimum Gasteiger partial charge on any atom is -0.386 e. The Morgan fingerprint density at radius 1 is 1.60 bits per heavy atom. The lowest BCUT2D eigenvalue weighted by molar-refractivity contribution is 0.420. The molecule has 0 aromatic carbocycles. The van der Waals surface area contributed by atoms with Gasteiger partial charge in [0.1, 0.15) is 6.61 Å². The molecule has 0 heterocycles. The van der Waals surface area contributed by atoms with Crippen LogP contribution in [0, 0.1) is 6.61 Å². The van der Waals surface area contributed by atoms with Crippen LogP contribution in [-0.4, -0.2) is 5.11 Å². The summed E-state index contributed by atoms with van der Waals surface area (Å²) in [5.41, 5.74) is 0. The molecule has 5 heavy (non-hydrogen) atoms. The van der Waals surface area contributed by atoms with Crippen molar-refractivity contribution in [1.82, 2.24) is 0 Å². The second kappa shape index (κ2) is 3.70. The predicted molar refractivity (Wildman–Crippen MR) is 21.0 cm³/mol. The van der Waals surface area contributed by atoms with Crippen molar-refractivity contribution in [3.8, 4) is 0 Å². The summed E-state index contributed by atoms with van der Waals surface area (Å²) in [6, 6.07) is 0. The van der Waals surface area contributed by atoms with E-state index < -0.39 is 0 Å². The molecule has 0 saturated carbocycles. The smallest absolute Gasteiger partial charge is 0.102 e. The fourth-order valence-corrected chi connectivity index (χ4v) is 0.0861. The molecule has 1 heteroatoms. The molecule has 0 aromatic rings. The summed E-state index contributed by atoms with van der Waals surface area (Å²) in [6.07, 6.45) is 3.31. The maximum absolute atomic E-state index is 7.85. The molecule has 0 aliphatic rings. The Bertz CT molecular complexity index is 30.6. The minimum atomic E-state index is 1.00. The highest BCUT2D eigenvalue weighted by atomic mass is 16.2. The molecule has 0 rings (SSSR count). The van der Waals surface area contributed by atoms with Gasteiger partial charge in [0.05, 0.1) is 0 Å². The van der Waals surface area contributed by atoms with Crippen LogP contribution in [0.5, 0.6) is 0 Å². The van der Waals surface area contributed by atoms with Crippen molar-refractivity contribution in [2.45, 2.75) is 6.92 Å². The van der Waals surface area contributed by atoms with E-state index in [9.17, 15) is 0 Å². The lowest BCUT2D eigenvalue weighted by Crippen LogP contribution is -1.53. The van der Waals surface area contributed by atoms with Crippen LogP contribution >= 0.6 is 0 Å². The number of allylic oxidation sites excluding steroid dienone is 1. The first-order chi connectivity index (χ1) is 2.41. The van der Waals surface area contributed by atoms with Gasteiger partial charge in [0.15, 0.2) is 0 Å². The van der Waals surface area contributed by atoms with Crippen molar-refractivity contribution in [1.29, 1.82) is 0 Å². The zero-order chi connectivity index (χ0) is 4.12. The quantitative estimate of drug-likeness (QED) is 0.490. The van der Waals surface area contributed by atoms with E-state index in [1.165, 1.54) is 0 Å². The Labute approximate surface area is 31.9 Å². The zero-order valence-corrected chi connectivity index (χ0v) is 3.18. The van der Waals surface area contributed by atoms with E-state index in [0.717, 1.165) is 6.61 Å². The molecular weight excluding hydrogens is 64.0 g/mol. The van der Waals surface area contributed by atoms with Crippen LogP contribution in [0.2, 0.25) is 0 Å². The van der Waals surface area contributed by atoms with Gasteiger partial charge >= 0.3 is 0 Å². The summed E-state index contributed by atoms with van der Waals surface area (Å²) in [7, 11) is 0. The van der Waals surface area contributed by atoms with Gasteiger partial charge in [-0.25, -0.2) is 0 Å². The van der Waals surface area contributed by atoms with Crippen molar-refractivity contribution in [2.75, 3.05) is 0 Å². The largest absolute Gasteiger partial charge is 0.386 e. The van der Waals surface area contributed by atoms with Crippen LogP contribution in [-0.2, 0) is 0 Å². The Balaban J connectivity index is 2.62. The maximum Gasteiger partial charge on any atom is 0.102 e. The highest BCUT2D eigenvalue weighted by Crippen LogP contribution is 1.67. The van der Waals surface area contributed by atoms with E-state index in [1.807, 2.05) is 6.92 Å². The fourth-order valence-electron chi connectivity index (χ4n) is 0.0861. The van der Waals surface area contributed by atoms with Crippen molar-refractivity contribution in [3.05, 3.63) is 18.8 Å². The summed E-state index contributed by atoms with van der Waals surface area (Å²) in [5, 5.41) is 7.85. The Hall–Kier alpha value is -0.300. The highest BCUT2D eigenvalue weighted by molar-refractivity contribution is 4.83. The fraction of sp³-hybridized carbons (Fsp3) is 0.250. The molecule has 0 bridgehead atoms. The second-order valence-electron chi connectivity index (χ2n) is 0.675. The van der Waals surface area contributed by atoms with E-state index in [4.69, 9.17) is 5.11 Å². The lowest BCUT2D eigenvalue weighted by Gasteiger charge is -1.64. The molecule has 0 atom stereocenters. The number of hydrogen-bond acceptors (Lipinski definition) is 1. The van der Waals surface area contributed by atoms with E-state index >= 15 is 0 Å². The molecule has 1 nitrogen and oxygen atoms in total. The van der Waals surface area contributed by atoms with Crippen molar-refractivity contribution >= 4 is 0 Å². The third-order valence-electron chi connectivity index (χ3n) is 0.279. The highest BCUT2D eigenvalue weighted by Gasteiger charge is 1.54. The topological polar surface area (TPSA) is 20.2 Å². The lowest BCUT2D eigenvalue weighted by atomic mass is 10.6. The summed E-state index contributed by atoms with van der Waals surface area (Å²) in [4.78, 5) is 0. The van der Waals surface area contributed by atoms with Gasteiger partial charge in [0, 0.05) is 0 Å². The van der Waals surface area contributed by atoms with Crippen LogP contribution in [0.4, 0.5) is 0 Å². The number of aliphatic hydroxyl groups is 1. The first-order valence-corrected chi connectivity index (χ1v) is 1.50. The average molecular weight is 71.1 g/mol. The normalized spacial score (nSPS) is 10.0. The van der Waals surface area contributed by atoms with E-state index in [0.29, 0.717) is 0 Å². The van der Waals surface area contributed by atoms with Gasteiger partial charge < -0.3 is 5.11 Å². The SMILES string of the molecule is C/C=C\[CH]O.